The molecule has 0 aliphatic carbocycles. The number of nitrogens with zero attached hydrogens (tertiary/aromatic N) is 2. The monoisotopic (exact) mass is 500 g/mol. The van der Waals surface area contributed by atoms with Gasteiger partial charge >= 0.3 is 0 Å². The third-order valence-electron chi connectivity index (χ3n) is 3.88. The molecule has 1 aromatic rings. The normalized spacial score (nSPS) is 16.6. The molecule has 25 heavy (non-hydrogen) atoms. The largest absolute Gasteiger partial charge is 0.356 e. The minimum absolute atomic E-state index is 0. The van der Waals surface area contributed by atoms with E-state index in [-0.39, 0.29) is 24.0 Å². The third-order valence-corrected chi connectivity index (χ3v) is 7.33. The SMILES string of the molecule is CN=C(NCc1ccc(S(=O)(=O)N2CCCCC2)s1)NCC(C)C.I. The molecule has 144 valence electrons. The number of rotatable bonds is 6. The van der Waals surface area contributed by atoms with Crippen LogP contribution in [-0.4, -0.2) is 45.4 Å². The van der Waals surface area contributed by atoms with Crippen molar-refractivity contribution < 1.29 is 8.42 Å². The molecule has 0 aromatic carbocycles. The van der Waals surface area contributed by atoms with Gasteiger partial charge in [-0.1, -0.05) is 20.3 Å². The summed E-state index contributed by atoms with van der Waals surface area (Å²) in [6, 6.07) is 3.60. The lowest BCUT2D eigenvalue weighted by molar-refractivity contribution is 0.347. The first kappa shape index (κ1) is 22.7. The Morgan fingerprint density at radius 2 is 1.92 bits per heavy atom. The Hall–Kier alpha value is -0.390. The lowest BCUT2D eigenvalue weighted by Crippen LogP contribution is -2.38. The summed E-state index contributed by atoms with van der Waals surface area (Å²) in [5, 5.41) is 6.47. The van der Waals surface area contributed by atoms with Crippen LogP contribution in [0.1, 0.15) is 38.0 Å². The van der Waals surface area contributed by atoms with E-state index < -0.39 is 10.0 Å². The minimum atomic E-state index is -3.33. The maximum atomic E-state index is 12.7. The number of nitrogens with one attached hydrogen (secondary N) is 2. The summed E-state index contributed by atoms with van der Waals surface area (Å²) in [5.74, 6) is 1.27. The molecule has 0 atom stereocenters. The molecule has 0 bridgehead atoms. The average Bonchev–Trinajstić information content (AvgIpc) is 3.05. The number of halogens is 1. The number of hydrogen-bond donors (Lipinski definition) is 2. The molecule has 1 fully saturated rings. The van der Waals surface area contributed by atoms with E-state index in [0.29, 0.717) is 29.8 Å². The fourth-order valence-electron chi connectivity index (χ4n) is 2.52. The molecule has 2 rings (SSSR count). The van der Waals surface area contributed by atoms with Gasteiger partial charge in [0.15, 0.2) is 5.96 Å². The summed E-state index contributed by atoms with van der Waals surface area (Å²) in [7, 11) is -1.60. The number of guanidine groups is 1. The summed E-state index contributed by atoms with van der Waals surface area (Å²) in [4.78, 5) is 5.16. The van der Waals surface area contributed by atoms with E-state index in [4.69, 9.17) is 0 Å². The molecule has 1 aliphatic heterocycles. The van der Waals surface area contributed by atoms with Crippen LogP contribution in [-0.2, 0) is 16.6 Å². The Kier molecular flexibility index (Phi) is 9.68. The second kappa shape index (κ2) is 10.7. The highest BCUT2D eigenvalue weighted by atomic mass is 127. The van der Waals surface area contributed by atoms with Gasteiger partial charge in [0.05, 0.1) is 6.54 Å². The van der Waals surface area contributed by atoms with Crippen LogP contribution in [0.2, 0.25) is 0 Å². The second-order valence-electron chi connectivity index (χ2n) is 6.39. The van der Waals surface area contributed by atoms with Gasteiger partial charge in [-0.15, -0.1) is 35.3 Å². The van der Waals surface area contributed by atoms with E-state index in [2.05, 4.69) is 29.5 Å². The zero-order valence-corrected chi connectivity index (χ0v) is 19.1. The topological polar surface area (TPSA) is 73.8 Å². The van der Waals surface area contributed by atoms with E-state index in [9.17, 15) is 8.42 Å². The van der Waals surface area contributed by atoms with Crippen molar-refractivity contribution in [2.24, 2.45) is 10.9 Å². The summed E-state index contributed by atoms with van der Waals surface area (Å²) >= 11 is 1.34. The molecular formula is C16H29IN4O2S2. The molecule has 2 N–H and O–H groups in total. The highest BCUT2D eigenvalue weighted by Crippen LogP contribution is 2.26. The van der Waals surface area contributed by atoms with Crippen molar-refractivity contribution in [3.05, 3.63) is 17.0 Å². The number of hydrogen-bond acceptors (Lipinski definition) is 4. The lowest BCUT2D eigenvalue weighted by atomic mass is 10.2. The van der Waals surface area contributed by atoms with Gasteiger partial charge in [0.2, 0.25) is 0 Å². The van der Waals surface area contributed by atoms with Crippen LogP contribution < -0.4 is 10.6 Å². The number of piperidine rings is 1. The molecule has 0 unspecified atom stereocenters. The minimum Gasteiger partial charge on any atom is -0.356 e. The highest BCUT2D eigenvalue weighted by Gasteiger charge is 2.27. The third kappa shape index (κ3) is 6.69. The van der Waals surface area contributed by atoms with Crippen molar-refractivity contribution in [2.75, 3.05) is 26.7 Å². The summed E-state index contributed by atoms with van der Waals surface area (Å²) in [6.07, 6.45) is 3.03. The zero-order chi connectivity index (χ0) is 17.6. The molecule has 0 radical (unpaired) electrons. The molecule has 1 aromatic heterocycles. The Morgan fingerprint density at radius 3 is 2.52 bits per heavy atom. The van der Waals surface area contributed by atoms with Crippen LogP contribution in [0.3, 0.4) is 0 Å². The van der Waals surface area contributed by atoms with Gasteiger partial charge in [-0.3, -0.25) is 4.99 Å². The van der Waals surface area contributed by atoms with E-state index in [1.165, 1.54) is 11.3 Å². The van der Waals surface area contributed by atoms with Crippen molar-refractivity contribution in [2.45, 2.75) is 43.9 Å². The van der Waals surface area contributed by atoms with E-state index in [1.54, 1.807) is 17.4 Å². The van der Waals surface area contributed by atoms with Crippen LogP contribution >= 0.6 is 35.3 Å². The van der Waals surface area contributed by atoms with Gasteiger partial charge in [0.1, 0.15) is 4.21 Å². The molecular weight excluding hydrogens is 471 g/mol. The smallest absolute Gasteiger partial charge is 0.252 e. The van der Waals surface area contributed by atoms with E-state index in [1.807, 2.05) is 6.07 Å². The number of thiophene rings is 1. The van der Waals surface area contributed by atoms with Crippen LogP contribution in [0, 0.1) is 5.92 Å². The van der Waals surface area contributed by atoms with Crippen LogP contribution in [0.5, 0.6) is 0 Å². The standard InChI is InChI=1S/C16H28N4O2S2.HI/c1-13(2)11-18-16(17-3)19-12-14-7-8-15(23-14)24(21,22)20-9-5-4-6-10-20;/h7-8,13H,4-6,9-12H2,1-3H3,(H2,17,18,19);1H. The summed E-state index contributed by atoms with van der Waals surface area (Å²) in [6.45, 7) is 6.96. The summed E-state index contributed by atoms with van der Waals surface area (Å²) in [5.41, 5.74) is 0. The highest BCUT2D eigenvalue weighted by molar-refractivity contribution is 14.0. The van der Waals surface area contributed by atoms with Gasteiger partial charge in [-0.25, -0.2) is 8.42 Å². The predicted octanol–water partition coefficient (Wildman–Crippen LogP) is 2.86. The first-order chi connectivity index (χ1) is 11.4. The molecule has 9 heteroatoms. The van der Waals surface area contributed by atoms with Crippen molar-refractivity contribution in [3.63, 3.8) is 0 Å². The lowest BCUT2D eigenvalue weighted by Gasteiger charge is -2.25. The molecule has 2 heterocycles. The van der Waals surface area contributed by atoms with E-state index in [0.717, 1.165) is 36.6 Å². The van der Waals surface area contributed by atoms with Gasteiger partial charge in [0.25, 0.3) is 10.0 Å². The quantitative estimate of drug-likeness (QED) is 0.358. The molecule has 0 saturated carbocycles. The summed E-state index contributed by atoms with van der Waals surface area (Å²) < 4.78 is 27.4. The molecule has 0 spiro atoms. The van der Waals surface area contributed by atoms with Crippen LogP contribution in [0.15, 0.2) is 21.3 Å². The predicted molar refractivity (Wildman–Crippen MR) is 115 cm³/mol. The fourth-order valence-corrected chi connectivity index (χ4v) is 5.48. The first-order valence-electron chi connectivity index (χ1n) is 8.47. The molecule has 1 saturated heterocycles. The zero-order valence-electron chi connectivity index (χ0n) is 15.1. The number of aliphatic imine (C=N–C) groups is 1. The van der Waals surface area contributed by atoms with Crippen molar-refractivity contribution >= 4 is 51.3 Å². The molecule has 0 amide bonds. The first-order valence-corrected chi connectivity index (χ1v) is 10.7. The molecule has 6 nitrogen and oxygen atoms in total. The maximum Gasteiger partial charge on any atom is 0.252 e. The second-order valence-corrected chi connectivity index (χ2v) is 9.72. The van der Waals surface area contributed by atoms with Gasteiger partial charge < -0.3 is 10.6 Å². The maximum absolute atomic E-state index is 12.7. The van der Waals surface area contributed by atoms with Gasteiger partial charge in [-0.2, -0.15) is 4.31 Å². The fraction of sp³-hybridized carbons (Fsp3) is 0.688. The Morgan fingerprint density at radius 1 is 1.24 bits per heavy atom. The van der Waals surface area contributed by atoms with Crippen molar-refractivity contribution in [3.8, 4) is 0 Å². The Bertz CT molecular complexity index is 653. The molecule has 1 aliphatic rings. The van der Waals surface area contributed by atoms with Crippen molar-refractivity contribution in [1.82, 2.24) is 14.9 Å². The Labute approximate surface area is 172 Å². The Balaban J connectivity index is 0.00000312. The van der Waals surface area contributed by atoms with Crippen LogP contribution in [0.4, 0.5) is 0 Å². The van der Waals surface area contributed by atoms with Gasteiger partial charge in [0, 0.05) is 31.6 Å². The van der Waals surface area contributed by atoms with Crippen molar-refractivity contribution in [1.29, 1.82) is 0 Å². The van der Waals surface area contributed by atoms with Gasteiger partial charge in [-0.05, 0) is 30.9 Å². The average molecular weight is 500 g/mol. The van der Waals surface area contributed by atoms with Crippen LogP contribution in [0.25, 0.3) is 0 Å². The number of sulfonamides is 1. The van der Waals surface area contributed by atoms with E-state index >= 15 is 0 Å².